The van der Waals surface area contributed by atoms with E-state index in [2.05, 4.69) is 20.3 Å². The fraction of sp³-hybridized carbons (Fsp3) is 0.267. The highest BCUT2D eigenvalue weighted by Crippen LogP contribution is 2.23. The SMILES string of the molecule is CCOC(=O)c1cc(-c2nnco2)nn1C(C)c1ccccn1. The number of pyridine rings is 1. The first-order valence-electron chi connectivity index (χ1n) is 7.14. The maximum atomic E-state index is 12.2. The van der Waals surface area contributed by atoms with E-state index in [9.17, 15) is 4.79 Å². The highest BCUT2D eigenvalue weighted by Gasteiger charge is 2.23. The zero-order valence-corrected chi connectivity index (χ0v) is 12.7. The summed E-state index contributed by atoms with van der Waals surface area (Å²) < 4.78 is 11.8. The quantitative estimate of drug-likeness (QED) is 0.665. The Kier molecular flexibility index (Phi) is 4.13. The van der Waals surface area contributed by atoms with E-state index >= 15 is 0 Å². The number of rotatable bonds is 5. The molecule has 3 aromatic heterocycles. The number of carbonyl (C=O) groups excluding carboxylic acids is 1. The summed E-state index contributed by atoms with van der Waals surface area (Å²) in [7, 11) is 0. The van der Waals surface area contributed by atoms with Crippen molar-refractivity contribution >= 4 is 5.97 Å². The topological polar surface area (TPSA) is 95.9 Å². The van der Waals surface area contributed by atoms with E-state index in [1.165, 1.54) is 6.39 Å². The van der Waals surface area contributed by atoms with Crippen molar-refractivity contribution in [3.8, 4) is 11.6 Å². The molecule has 8 heteroatoms. The van der Waals surface area contributed by atoms with Crippen LogP contribution in [-0.4, -0.2) is 37.5 Å². The van der Waals surface area contributed by atoms with Gasteiger partial charge in [0.1, 0.15) is 5.69 Å². The maximum absolute atomic E-state index is 12.2. The van der Waals surface area contributed by atoms with Crippen LogP contribution in [0.1, 0.15) is 36.1 Å². The summed E-state index contributed by atoms with van der Waals surface area (Å²) in [5.41, 5.74) is 1.49. The van der Waals surface area contributed by atoms with Crippen molar-refractivity contribution in [1.82, 2.24) is 25.0 Å². The fourth-order valence-electron chi connectivity index (χ4n) is 2.18. The Bertz CT molecular complexity index is 783. The van der Waals surface area contributed by atoms with E-state index in [1.807, 2.05) is 25.1 Å². The van der Waals surface area contributed by atoms with Crippen molar-refractivity contribution in [2.24, 2.45) is 0 Å². The summed E-state index contributed by atoms with van der Waals surface area (Å²) >= 11 is 0. The van der Waals surface area contributed by atoms with Gasteiger partial charge in [0, 0.05) is 12.3 Å². The smallest absolute Gasteiger partial charge is 0.356 e. The predicted molar refractivity (Wildman–Crippen MR) is 79.5 cm³/mol. The maximum Gasteiger partial charge on any atom is 0.356 e. The number of hydrogen-bond acceptors (Lipinski definition) is 7. The fourth-order valence-corrected chi connectivity index (χ4v) is 2.18. The first-order chi connectivity index (χ1) is 11.2. The minimum absolute atomic E-state index is 0.238. The van der Waals surface area contributed by atoms with Gasteiger partial charge in [0.15, 0.2) is 5.69 Å². The van der Waals surface area contributed by atoms with Crippen molar-refractivity contribution in [2.45, 2.75) is 19.9 Å². The van der Waals surface area contributed by atoms with Crippen LogP contribution in [0.3, 0.4) is 0 Å². The average Bonchev–Trinajstić information content (AvgIpc) is 3.24. The summed E-state index contributed by atoms with van der Waals surface area (Å²) in [5.74, 6) is -0.226. The molecule has 0 spiro atoms. The second kappa shape index (κ2) is 6.39. The Morgan fingerprint density at radius 1 is 1.43 bits per heavy atom. The third kappa shape index (κ3) is 2.96. The molecule has 0 amide bonds. The van der Waals surface area contributed by atoms with Gasteiger partial charge in [0.2, 0.25) is 6.39 Å². The minimum Gasteiger partial charge on any atom is -0.461 e. The monoisotopic (exact) mass is 313 g/mol. The van der Waals surface area contributed by atoms with E-state index in [4.69, 9.17) is 9.15 Å². The molecule has 0 aliphatic heterocycles. The molecule has 3 aromatic rings. The third-order valence-corrected chi connectivity index (χ3v) is 3.28. The largest absolute Gasteiger partial charge is 0.461 e. The predicted octanol–water partition coefficient (Wildman–Crippen LogP) is 2.11. The van der Waals surface area contributed by atoms with E-state index in [-0.39, 0.29) is 18.5 Å². The Labute approximate surface area is 132 Å². The second-order valence-corrected chi connectivity index (χ2v) is 4.75. The molecule has 1 atom stereocenters. The molecule has 1 unspecified atom stereocenters. The lowest BCUT2D eigenvalue weighted by molar-refractivity contribution is 0.0510. The number of carbonyl (C=O) groups is 1. The Hall–Kier alpha value is -3.03. The second-order valence-electron chi connectivity index (χ2n) is 4.75. The van der Waals surface area contributed by atoms with Crippen molar-refractivity contribution in [3.63, 3.8) is 0 Å². The molecular weight excluding hydrogens is 298 g/mol. The van der Waals surface area contributed by atoms with Gasteiger partial charge >= 0.3 is 5.97 Å². The molecule has 8 nitrogen and oxygen atoms in total. The molecule has 0 saturated carbocycles. The molecule has 0 fully saturated rings. The molecule has 3 heterocycles. The van der Waals surface area contributed by atoms with Gasteiger partial charge in [-0.15, -0.1) is 10.2 Å². The lowest BCUT2D eigenvalue weighted by Crippen LogP contribution is -2.18. The highest BCUT2D eigenvalue weighted by molar-refractivity contribution is 5.88. The highest BCUT2D eigenvalue weighted by atomic mass is 16.5. The standard InChI is InChI=1S/C15H15N5O3/c1-3-22-15(21)13-8-12(14-18-17-9-23-14)19-20(13)10(2)11-6-4-5-7-16-11/h4-10H,3H2,1-2H3. The van der Waals surface area contributed by atoms with Crippen LogP contribution < -0.4 is 0 Å². The van der Waals surface area contributed by atoms with Crippen LogP contribution >= 0.6 is 0 Å². The van der Waals surface area contributed by atoms with Gasteiger partial charge in [-0.3, -0.25) is 4.98 Å². The number of ether oxygens (including phenoxy) is 1. The summed E-state index contributed by atoms with van der Waals surface area (Å²) in [5, 5.41) is 11.9. The average molecular weight is 313 g/mol. The van der Waals surface area contributed by atoms with Crippen LogP contribution in [0.5, 0.6) is 0 Å². The van der Waals surface area contributed by atoms with Gasteiger partial charge in [-0.1, -0.05) is 6.07 Å². The Balaban J connectivity index is 2.05. The molecular formula is C15H15N5O3. The van der Waals surface area contributed by atoms with Crippen molar-refractivity contribution in [2.75, 3.05) is 6.61 Å². The number of nitrogens with zero attached hydrogens (tertiary/aromatic N) is 5. The molecule has 0 radical (unpaired) electrons. The van der Waals surface area contributed by atoms with Crippen LogP contribution in [0.15, 0.2) is 41.3 Å². The van der Waals surface area contributed by atoms with Crippen LogP contribution in [0, 0.1) is 0 Å². The van der Waals surface area contributed by atoms with Gasteiger partial charge in [0.05, 0.1) is 18.3 Å². The van der Waals surface area contributed by atoms with Crippen LogP contribution in [0.2, 0.25) is 0 Å². The summed E-state index contributed by atoms with van der Waals surface area (Å²) in [6, 6.07) is 6.89. The summed E-state index contributed by atoms with van der Waals surface area (Å²) in [4.78, 5) is 16.5. The zero-order valence-electron chi connectivity index (χ0n) is 12.7. The molecule has 3 rings (SSSR count). The van der Waals surface area contributed by atoms with E-state index in [0.29, 0.717) is 11.4 Å². The van der Waals surface area contributed by atoms with Gasteiger partial charge in [-0.2, -0.15) is 5.10 Å². The molecule has 0 aromatic carbocycles. The van der Waals surface area contributed by atoms with Crippen molar-refractivity contribution in [1.29, 1.82) is 0 Å². The zero-order chi connectivity index (χ0) is 16.2. The van der Waals surface area contributed by atoms with Gasteiger partial charge in [0.25, 0.3) is 5.89 Å². The van der Waals surface area contributed by atoms with Gasteiger partial charge in [-0.05, 0) is 26.0 Å². The summed E-state index contributed by atoms with van der Waals surface area (Å²) in [6.07, 6.45) is 2.90. The summed E-state index contributed by atoms with van der Waals surface area (Å²) in [6.45, 7) is 3.92. The van der Waals surface area contributed by atoms with Gasteiger partial charge in [-0.25, -0.2) is 9.48 Å². The first-order valence-corrected chi connectivity index (χ1v) is 7.14. The Morgan fingerprint density at radius 3 is 2.96 bits per heavy atom. The normalized spacial score (nSPS) is 12.1. The van der Waals surface area contributed by atoms with E-state index in [1.54, 1.807) is 23.9 Å². The van der Waals surface area contributed by atoms with Crippen LogP contribution in [0.25, 0.3) is 11.6 Å². The molecule has 0 saturated heterocycles. The van der Waals surface area contributed by atoms with Crippen LogP contribution in [0.4, 0.5) is 0 Å². The lowest BCUT2D eigenvalue weighted by atomic mass is 10.2. The lowest BCUT2D eigenvalue weighted by Gasteiger charge is -2.14. The number of hydrogen-bond donors (Lipinski definition) is 0. The molecule has 23 heavy (non-hydrogen) atoms. The van der Waals surface area contributed by atoms with Gasteiger partial charge < -0.3 is 9.15 Å². The van der Waals surface area contributed by atoms with Crippen molar-refractivity contribution < 1.29 is 13.9 Å². The molecule has 0 bridgehead atoms. The van der Waals surface area contributed by atoms with E-state index < -0.39 is 5.97 Å². The van der Waals surface area contributed by atoms with Crippen molar-refractivity contribution in [3.05, 3.63) is 48.2 Å². The van der Waals surface area contributed by atoms with Crippen LogP contribution in [-0.2, 0) is 4.74 Å². The minimum atomic E-state index is -0.464. The number of esters is 1. The molecule has 0 aliphatic carbocycles. The molecule has 0 aliphatic rings. The molecule has 118 valence electrons. The molecule has 0 N–H and O–H groups in total. The Morgan fingerprint density at radius 2 is 2.30 bits per heavy atom. The first kappa shape index (κ1) is 14.9. The third-order valence-electron chi connectivity index (χ3n) is 3.28. The van der Waals surface area contributed by atoms with E-state index in [0.717, 1.165) is 5.69 Å². The number of aromatic nitrogens is 5.